The second kappa shape index (κ2) is 7.51. The molecule has 0 fully saturated rings. The molecule has 0 N–H and O–H groups in total. The molecule has 0 aliphatic carbocycles. The van der Waals surface area contributed by atoms with Gasteiger partial charge in [-0.1, -0.05) is 60.1 Å². The van der Waals surface area contributed by atoms with Gasteiger partial charge in [0.15, 0.2) is 0 Å². The number of aryl methyl sites for hydroxylation is 1. The molecule has 0 spiro atoms. The van der Waals surface area contributed by atoms with Gasteiger partial charge in [-0.2, -0.15) is 0 Å². The van der Waals surface area contributed by atoms with Crippen LogP contribution in [0.15, 0.2) is 85.1 Å². The molecule has 1 aliphatic rings. The molecule has 3 nitrogen and oxygen atoms in total. The van der Waals surface area contributed by atoms with Crippen molar-refractivity contribution in [3.63, 3.8) is 0 Å². The molecule has 0 bridgehead atoms. The van der Waals surface area contributed by atoms with E-state index in [1.54, 1.807) is 0 Å². The summed E-state index contributed by atoms with van der Waals surface area (Å²) in [6.45, 7) is 3.34. The lowest BCUT2D eigenvalue weighted by Crippen LogP contribution is -2.30. The molecule has 3 aromatic carbocycles. The van der Waals surface area contributed by atoms with E-state index in [0.717, 1.165) is 34.6 Å². The van der Waals surface area contributed by atoms with Gasteiger partial charge in [-0.15, -0.1) is 0 Å². The minimum absolute atomic E-state index is 0.0848. The van der Waals surface area contributed by atoms with Gasteiger partial charge in [0.05, 0.1) is 17.1 Å². The summed E-state index contributed by atoms with van der Waals surface area (Å²) < 4.78 is 2.19. The lowest BCUT2D eigenvalue weighted by molar-refractivity contribution is 0.0985. The van der Waals surface area contributed by atoms with Crippen LogP contribution in [0.2, 0.25) is 5.02 Å². The molecular weight excluding hydrogens is 392 g/mol. The number of fused-ring (bicyclic) bond motifs is 2. The van der Waals surface area contributed by atoms with E-state index in [9.17, 15) is 4.79 Å². The first-order valence-corrected chi connectivity index (χ1v) is 10.4. The number of para-hydroxylation sites is 1. The lowest BCUT2D eigenvalue weighted by Gasteiger charge is -2.23. The Balaban J connectivity index is 1.55. The Kier molecular flexibility index (Phi) is 4.68. The molecule has 30 heavy (non-hydrogen) atoms. The van der Waals surface area contributed by atoms with E-state index in [-0.39, 0.29) is 5.91 Å². The standard InChI is InChI=1S/C26H21ClN2O/c1-18-7-2-4-10-22(18)19-12-13-23(24(27)15-19)26(30)29-17-21-9-6-14-28(21)16-20-8-3-5-11-25(20)29/h2-15H,16-17H2,1H3. The van der Waals surface area contributed by atoms with Crippen LogP contribution in [0.3, 0.4) is 0 Å². The molecule has 4 heteroatoms. The van der Waals surface area contributed by atoms with Crippen molar-refractivity contribution in [2.24, 2.45) is 0 Å². The minimum atomic E-state index is -0.0848. The zero-order valence-electron chi connectivity index (χ0n) is 16.7. The first-order chi connectivity index (χ1) is 14.6. The van der Waals surface area contributed by atoms with Crippen LogP contribution in [-0.4, -0.2) is 10.5 Å². The molecule has 1 aromatic heterocycles. The molecule has 0 saturated carbocycles. The zero-order chi connectivity index (χ0) is 20.7. The SMILES string of the molecule is Cc1ccccc1-c1ccc(C(=O)N2Cc3cccn3Cc3ccccc32)c(Cl)c1. The van der Waals surface area contributed by atoms with E-state index >= 15 is 0 Å². The van der Waals surface area contributed by atoms with Gasteiger partial charge >= 0.3 is 0 Å². The maximum Gasteiger partial charge on any atom is 0.260 e. The molecule has 5 rings (SSSR count). The highest BCUT2D eigenvalue weighted by Crippen LogP contribution is 2.32. The largest absolute Gasteiger partial charge is 0.345 e. The normalized spacial score (nSPS) is 12.8. The van der Waals surface area contributed by atoms with E-state index in [2.05, 4.69) is 42.0 Å². The summed E-state index contributed by atoms with van der Waals surface area (Å²) in [4.78, 5) is 15.5. The van der Waals surface area contributed by atoms with Crippen LogP contribution in [0.5, 0.6) is 0 Å². The van der Waals surface area contributed by atoms with Crippen molar-refractivity contribution >= 4 is 23.2 Å². The molecule has 4 aromatic rings. The predicted octanol–water partition coefficient (Wildman–Crippen LogP) is 6.33. The van der Waals surface area contributed by atoms with Crippen LogP contribution in [0.1, 0.15) is 27.2 Å². The van der Waals surface area contributed by atoms with Gasteiger partial charge in [-0.3, -0.25) is 4.79 Å². The van der Waals surface area contributed by atoms with Crippen LogP contribution in [0.25, 0.3) is 11.1 Å². The van der Waals surface area contributed by atoms with Crippen molar-refractivity contribution in [3.8, 4) is 11.1 Å². The van der Waals surface area contributed by atoms with Gasteiger partial charge < -0.3 is 9.47 Å². The average molecular weight is 413 g/mol. The lowest BCUT2D eigenvalue weighted by atomic mass is 9.99. The van der Waals surface area contributed by atoms with Crippen molar-refractivity contribution in [2.75, 3.05) is 4.90 Å². The molecule has 1 amide bonds. The van der Waals surface area contributed by atoms with Gasteiger partial charge in [0.25, 0.3) is 5.91 Å². The number of hydrogen-bond acceptors (Lipinski definition) is 1. The average Bonchev–Trinajstić information content (AvgIpc) is 3.12. The van der Waals surface area contributed by atoms with Gasteiger partial charge in [0, 0.05) is 24.1 Å². The Hall–Kier alpha value is -3.30. The van der Waals surface area contributed by atoms with Gasteiger partial charge in [-0.25, -0.2) is 0 Å². The third-order valence-electron chi connectivity index (χ3n) is 5.77. The molecule has 2 heterocycles. The quantitative estimate of drug-likeness (QED) is 0.378. The van der Waals surface area contributed by atoms with Crippen molar-refractivity contribution in [1.29, 1.82) is 0 Å². The van der Waals surface area contributed by atoms with Gasteiger partial charge in [-0.05, 0) is 59.5 Å². The second-order valence-electron chi connectivity index (χ2n) is 7.66. The van der Waals surface area contributed by atoms with E-state index in [1.165, 1.54) is 5.56 Å². The number of carbonyl (C=O) groups is 1. The molecule has 0 unspecified atom stereocenters. The number of anilines is 1. The predicted molar refractivity (Wildman–Crippen MR) is 122 cm³/mol. The van der Waals surface area contributed by atoms with Crippen molar-refractivity contribution in [1.82, 2.24) is 4.57 Å². The Morgan fingerprint density at radius 2 is 1.70 bits per heavy atom. The number of nitrogens with zero attached hydrogens (tertiary/aromatic N) is 2. The number of carbonyl (C=O) groups excluding carboxylic acids is 1. The highest BCUT2D eigenvalue weighted by atomic mass is 35.5. The molecule has 0 atom stereocenters. The van der Waals surface area contributed by atoms with Crippen molar-refractivity contribution in [2.45, 2.75) is 20.0 Å². The Bertz CT molecular complexity index is 1260. The second-order valence-corrected chi connectivity index (χ2v) is 8.06. The Morgan fingerprint density at radius 3 is 2.53 bits per heavy atom. The molecule has 1 aliphatic heterocycles. The number of halogens is 1. The van der Waals surface area contributed by atoms with Crippen LogP contribution < -0.4 is 4.90 Å². The molecule has 148 valence electrons. The smallest absolute Gasteiger partial charge is 0.260 e. The monoisotopic (exact) mass is 412 g/mol. The minimum Gasteiger partial charge on any atom is -0.345 e. The summed E-state index contributed by atoms with van der Waals surface area (Å²) in [5, 5.41) is 0.470. The summed E-state index contributed by atoms with van der Waals surface area (Å²) in [6.07, 6.45) is 2.06. The maximum absolute atomic E-state index is 13.6. The number of rotatable bonds is 2. The summed E-state index contributed by atoms with van der Waals surface area (Å²) in [5.74, 6) is -0.0848. The van der Waals surface area contributed by atoms with Crippen LogP contribution in [0.4, 0.5) is 5.69 Å². The Labute approximate surface area is 181 Å². The topological polar surface area (TPSA) is 25.2 Å². The summed E-state index contributed by atoms with van der Waals surface area (Å²) >= 11 is 6.64. The first kappa shape index (κ1) is 18.7. The van der Waals surface area contributed by atoms with Gasteiger partial charge in [0.2, 0.25) is 0 Å². The van der Waals surface area contributed by atoms with E-state index in [4.69, 9.17) is 11.6 Å². The molecule has 0 radical (unpaired) electrons. The number of amides is 1. The van der Waals surface area contributed by atoms with E-state index in [1.807, 2.05) is 59.5 Å². The zero-order valence-corrected chi connectivity index (χ0v) is 17.4. The van der Waals surface area contributed by atoms with Crippen LogP contribution >= 0.6 is 11.6 Å². The number of benzene rings is 3. The number of aromatic nitrogens is 1. The fourth-order valence-corrected chi connectivity index (χ4v) is 4.43. The fourth-order valence-electron chi connectivity index (χ4n) is 4.17. The third kappa shape index (κ3) is 3.21. The summed E-state index contributed by atoms with van der Waals surface area (Å²) in [6, 6.07) is 26.1. The van der Waals surface area contributed by atoms with Crippen molar-refractivity contribution in [3.05, 3.63) is 112 Å². The van der Waals surface area contributed by atoms with Crippen molar-refractivity contribution < 1.29 is 4.79 Å². The van der Waals surface area contributed by atoms with Crippen LogP contribution in [0, 0.1) is 6.92 Å². The van der Waals surface area contributed by atoms with E-state index in [0.29, 0.717) is 17.1 Å². The van der Waals surface area contributed by atoms with Gasteiger partial charge in [0.1, 0.15) is 0 Å². The molecule has 0 saturated heterocycles. The molecular formula is C26H21ClN2O. The Morgan fingerprint density at radius 1 is 0.900 bits per heavy atom. The third-order valence-corrected chi connectivity index (χ3v) is 6.08. The highest BCUT2D eigenvalue weighted by molar-refractivity contribution is 6.35. The fraction of sp³-hybridized carbons (Fsp3) is 0.115. The first-order valence-electron chi connectivity index (χ1n) is 10.0. The maximum atomic E-state index is 13.6. The summed E-state index contributed by atoms with van der Waals surface area (Å²) in [7, 11) is 0. The van der Waals surface area contributed by atoms with E-state index < -0.39 is 0 Å². The summed E-state index contributed by atoms with van der Waals surface area (Å²) in [5.41, 5.74) is 6.99. The van der Waals surface area contributed by atoms with Crippen LogP contribution in [-0.2, 0) is 13.1 Å². The number of hydrogen-bond donors (Lipinski definition) is 0. The highest BCUT2D eigenvalue weighted by Gasteiger charge is 2.26.